The molecule has 1 aromatic heterocycles. The van der Waals surface area contributed by atoms with Crippen LogP contribution in [0.1, 0.15) is 11.1 Å². The Morgan fingerprint density at radius 2 is 1.86 bits per heavy atom. The van der Waals surface area contributed by atoms with Gasteiger partial charge in [0.05, 0.1) is 12.3 Å². The summed E-state index contributed by atoms with van der Waals surface area (Å²) >= 11 is 0. The van der Waals surface area contributed by atoms with Gasteiger partial charge in [-0.15, -0.1) is 0 Å². The molecule has 2 aromatic carbocycles. The molecule has 102 valence electrons. The Bertz CT molecular complexity index is 823. The molecule has 3 heteroatoms. The topological polar surface area (TPSA) is 22.2 Å². The van der Waals surface area contributed by atoms with Crippen LogP contribution in [-0.2, 0) is 0 Å². The van der Waals surface area contributed by atoms with Crippen LogP contribution in [0.25, 0.3) is 21.9 Å². The van der Waals surface area contributed by atoms with E-state index >= 15 is 0 Å². The number of hydrogen-bond acceptors (Lipinski definition) is 1. The molecule has 0 saturated carbocycles. The zero-order valence-electron chi connectivity index (χ0n) is 12.0. The molecule has 0 amide bonds. The summed E-state index contributed by atoms with van der Waals surface area (Å²) in [5, 5.41) is 0. The summed E-state index contributed by atoms with van der Waals surface area (Å²) in [5.41, 5.74) is 4.79. The van der Waals surface area contributed by atoms with Gasteiger partial charge in [-0.1, -0.05) is 48.0 Å². The maximum Gasteiger partial charge on any atom is 0.211 e. The Balaban J connectivity index is 2.25. The molecule has 21 heavy (non-hydrogen) atoms. The predicted molar refractivity (Wildman–Crippen MR) is 84.7 cm³/mol. The summed E-state index contributed by atoms with van der Waals surface area (Å²) in [5.74, 6) is 0.854. The van der Waals surface area contributed by atoms with E-state index in [1.807, 2.05) is 61.0 Å². The lowest BCUT2D eigenvalue weighted by molar-refractivity contribution is 1.05. The van der Waals surface area contributed by atoms with Crippen LogP contribution < -0.4 is 0 Å². The zero-order valence-corrected chi connectivity index (χ0v) is 12.0. The number of benzene rings is 2. The first kappa shape index (κ1) is 13.1. The Morgan fingerprint density at radius 1 is 1.10 bits per heavy atom. The second-order valence-corrected chi connectivity index (χ2v) is 5.05. The molecule has 1 heterocycles. The molecule has 0 saturated heterocycles. The molecule has 0 radical (unpaired) electrons. The first-order valence-corrected chi connectivity index (χ1v) is 6.78. The molecule has 3 rings (SSSR count). The lowest BCUT2D eigenvalue weighted by Crippen LogP contribution is -1.99. The molecule has 0 N–H and O–H groups in total. The minimum absolute atomic E-state index is 0.655. The highest BCUT2D eigenvalue weighted by atomic mass is 15.1. The van der Waals surface area contributed by atoms with Gasteiger partial charge in [-0.25, -0.2) is 9.83 Å². The minimum Gasteiger partial charge on any atom is -0.310 e. The number of nitrogens with zero attached hydrogens (tertiary/aromatic N) is 3. The Kier molecular flexibility index (Phi) is 3.29. The van der Waals surface area contributed by atoms with E-state index in [2.05, 4.69) is 15.9 Å². The molecule has 0 aliphatic rings. The maximum atomic E-state index is 7.45. The van der Waals surface area contributed by atoms with Gasteiger partial charge in [0.2, 0.25) is 5.69 Å². The van der Waals surface area contributed by atoms with Crippen molar-refractivity contribution in [2.24, 2.45) is 0 Å². The lowest BCUT2D eigenvalue weighted by Gasteiger charge is -2.14. The summed E-state index contributed by atoms with van der Waals surface area (Å²) in [6.45, 7) is 11.5. The second-order valence-electron chi connectivity index (χ2n) is 5.05. The van der Waals surface area contributed by atoms with Crippen molar-refractivity contribution in [3.05, 3.63) is 77.4 Å². The van der Waals surface area contributed by atoms with Crippen LogP contribution in [0.5, 0.6) is 0 Å². The van der Waals surface area contributed by atoms with E-state index < -0.39 is 0 Å². The summed E-state index contributed by atoms with van der Waals surface area (Å²) in [6.07, 6.45) is 3.68. The van der Waals surface area contributed by atoms with E-state index in [1.54, 1.807) is 6.20 Å². The molecule has 3 aromatic rings. The number of hydrogen-bond donors (Lipinski definition) is 0. The van der Waals surface area contributed by atoms with Crippen molar-refractivity contribution in [1.82, 2.24) is 9.55 Å². The van der Waals surface area contributed by atoms with Crippen LogP contribution in [0.4, 0.5) is 5.69 Å². The number of aryl methyl sites for hydroxylation is 2. The Labute approximate surface area is 124 Å². The summed E-state index contributed by atoms with van der Waals surface area (Å²) in [6, 6.07) is 14.0. The largest absolute Gasteiger partial charge is 0.310 e. The van der Waals surface area contributed by atoms with Gasteiger partial charge in [0, 0.05) is 18.0 Å². The van der Waals surface area contributed by atoms with E-state index in [0.29, 0.717) is 5.69 Å². The zero-order chi connectivity index (χ0) is 14.8. The van der Waals surface area contributed by atoms with E-state index in [1.165, 1.54) is 0 Å². The SMILES string of the molecule is [C-]#[N+]c1cc(C)cc(C)c1-n1ccnc1-c1ccccc1. The number of aromatic nitrogens is 2. The van der Waals surface area contributed by atoms with Crippen LogP contribution in [0.3, 0.4) is 0 Å². The van der Waals surface area contributed by atoms with Crippen molar-refractivity contribution in [3.8, 4) is 17.1 Å². The van der Waals surface area contributed by atoms with Gasteiger partial charge in [0.1, 0.15) is 5.82 Å². The van der Waals surface area contributed by atoms with Crippen molar-refractivity contribution < 1.29 is 0 Å². The van der Waals surface area contributed by atoms with E-state index in [-0.39, 0.29) is 0 Å². The van der Waals surface area contributed by atoms with Gasteiger partial charge >= 0.3 is 0 Å². The Morgan fingerprint density at radius 3 is 2.57 bits per heavy atom. The van der Waals surface area contributed by atoms with E-state index in [0.717, 1.165) is 28.2 Å². The molecule has 0 fully saturated rings. The van der Waals surface area contributed by atoms with Crippen molar-refractivity contribution in [2.45, 2.75) is 13.8 Å². The van der Waals surface area contributed by atoms with Crippen LogP contribution >= 0.6 is 0 Å². The third-order valence-corrected chi connectivity index (χ3v) is 3.46. The average molecular weight is 273 g/mol. The fourth-order valence-electron chi connectivity index (χ4n) is 2.62. The third kappa shape index (κ3) is 2.32. The predicted octanol–water partition coefficient (Wildman–Crippen LogP) is 4.71. The fourth-order valence-corrected chi connectivity index (χ4v) is 2.62. The van der Waals surface area contributed by atoms with E-state index in [9.17, 15) is 0 Å². The lowest BCUT2D eigenvalue weighted by atomic mass is 10.1. The van der Waals surface area contributed by atoms with E-state index in [4.69, 9.17) is 6.57 Å². The van der Waals surface area contributed by atoms with Gasteiger partial charge in [0.15, 0.2) is 0 Å². The second kappa shape index (κ2) is 5.26. The molecular weight excluding hydrogens is 258 g/mol. The highest BCUT2D eigenvalue weighted by Crippen LogP contribution is 2.32. The van der Waals surface area contributed by atoms with Gasteiger partial charge in [-0.3, -0.25) is 0 Å². The first-order chi connectivity index (χ1) is 10.2. The molecule has 0 aliphatic carbocycles. The molecule has 0 bridgehead atoms. The van der Waals surface area contributed by atoms with Gasteiger partial charge < -0.3 is 4.57 Å². The molecule has 0 aliphatic heterocycles. The van der Waals surface area contributed by atoms with Crippen LogP contribution in [0, 0.1) is 20.4 Å². The minimum atomic E-state index is 0.655. The highest BCUT2D eigenvalue weighted by Gasteiger charge is 2.13. The first-order valence-electron chi connectivity index (χ1n) is 6.78. The standard InChI is InChI=1S/C18H15N3/c1-13-11-14(2)17(16(12-13)19-3)21-10-9-20-18(21)15-7-5-4-6-8-15/h4-12H,1-2H3. The molecular formula is C18H15N3. The third-order valence-electron chi connectivity index (χ3n) is 3.46. The summed E-state index contributed by atoms with van der Waals surface area (Å²) in [7, 11) is 0. The van der Waals surface area contributed by atoms with Crippen molar-refractivity contribution in [3.63, 3.8) is 0 Å². The number of imidazole rings is 1. The highest BCUT2D eigenvalue weighted by molar-refractivity contribution is 5.70. The Hall–Kier alpha value is -2.86. The number of rotatable bonds is 2. The monoisotopic (exact) mass is 273 g/mol. The fraction of sp³-hybridized carbons (Fsp3) is 0.111. The summed E-state index contributed by atoms with van der Waals surface area (Å²) < 4.78 is 2.00. The quantitative estimate of drug-likeness (QED) is 0.620. The maximum absolute atomic E-state index is 7.45. The van der Waals surface area contributed by atoms with Gasteiger partial charge in [0.25, 0.3) is 0 Å². The molecule has 3 nitrogen and oxygen atoms in total. The molecule has 0 atom stereocenters. The average Bonchev–Trinajstić information content (AvgIpc) is 2.96. The van der Waals surface area contributed by atoms with Crippen LogP contribution in [0.2, 0.25) is 0 Å². The normalized spacial score (nSPS) is 10.3. The van der Waals surface area contributed by atoms with Crippen molar-refractivity contribution in [2.75, 3.05) is 0 Å². The van der Waals surface area contributed by atoms with Crippen LogP contribution in [0.15, 0.2) is 54.9 Å². The van der Waals surface area contributed by atoms with Crippen molar-refractivity contribution in [1.29, 1.82) is 0 Å². The molecule has 0 unspecified atom stereocenters. The smallest absolute Gasteiger partial charge is 0.211 e. The van der Waals surface area contributed by atoms with Crippen molar-refractivity contribution >= 4 is 5.69 Å². The van der Waals surface area contributed by atoms with Crippen LogP contribution in [-0.4, -0.2) is 9.55 Å². The van der Waals surface area contributed by atoms with Gasteiger partial charge in [-0.2, -0.15) is 0 Å². The summed E-state index contributed by atoms with van der Waals surface area (Å²) in [4.78, 5) is 8.15. The molecule has 0 spiro atoms. The van der Waals surface area contributed by atoms with Gasteiger partial charge in [-0.05, 0) is 19.4 Å².